The maximum absolute atomic E-state index is 13.2. The van der Waals surface area contributed by atoms with Gasteiger partial charge in [0.05, 0.1) is 11.4 Å². The molecule has 0 bridgehead atoms. The van der Waals surface area contributed by atoms with Crippen LogP contribution in [0.2, 0.25) is 0 Å². The summed E-state index contributed by atoms with van der Waals surface area (Å²) in [7, 11) is -3.59. The number of H-pyrrole nitrogens is 1. The van der Waals surface area contributed by atoms with Gasteiger partial charge in [-0.3, -0.25) is 5.10 Å². The molecule has 24 heavy (non-hydrogen) atoms. The number of aromatic nitrogens is 2. The van der Waals surface area contributed by atoms with Crippen molar-refractivity contribution in [2.45, 2.75) is 43.9 Å². The molecule has 7 heteroatoms. The smallest absolute Gasteiger partial charge is 0.246 e. The van der Waals surface area contributed by atoms with Crippen LogP contribution in [0.4, 0.5) is 4.39 Å². The Hall–Kier alpha value is -1.73. The average Bonchev–Trinajstić information content (AvgIpc) is 2.76. The molecule has 130 valence electrons. The van der Waals surface area contributed by atoms with Crippen LogP contribution in [-0.2, 0) is 10.0 Å². The van der Waals surface area contributed by atoms with Crippen molar-refractivity contribution in [1.29, 1.82) is 0 Å². The second-order valence-electron chi connectivity index (χ2n) is 6.37. The van der Waals surface area contributed by atoms with Crippen molar-refractivity contribution in [2.24, 2.45) is 0 Å². The summed E-state index contributed by atoms with van der Waals surface area (Å²) in [6.45, 7) is 4.34. The summed E-state index contributed by atoms with van der Waals surface area (Å²) in [6.07, 6.45) is 2.69. The van der Waals surface area contributed by atoms with Crippen LogP contribution in [0.25, 0.3) is 0 Å². The minimum atomic E-state index is -3.59. The average molecular weight is 351 g/mol. The zero-order chi connectivity index (χ0) is 17.3. The highest BCUT2D eigenvalue weighted by atomic mass is 32.2. The molecule has 0 amide bonds. The van der Waals surface area contributed by atoms with Gasteiger partial charge in [-0.15, -0.1) is 0 Å². The lowest BCUT2D eigenvalue weighted by atomic mass is 9.95. The predicted molar refractivity (Wildman–Crippen MR) is 89.8 cm³/mol. The van der Waals surface area contributed by atoms with Crippen LogP contribution in [0.5, 0.6) is 0 Å². The summed E-state index contributed by atoms with van der Waals surface area (Å²) in [5.41, 5.74) is 2.05. The lowest BCUT2D eigenvalue weighted by Gasteiger charge is -2.24. The number of benzene rings is 1. The molecule has 1 unspecified atom stereocenters. The zero-order valence-corrected chi connectivity index (χ0v) is 14.7. The van der Waals surface area contributed by atoms with Gasteiger partial charge in [-0.25, -0.2) is 12.8 Å². The van der Waals surface area contributed by atoms with Crippen LogP contribution in [0, 0.1) is 19.7 Å². The predicted octanol–water partition coefficient (Wildman–Crippen LogP) is 3.12. The van der Waals surface area contributed by atoms with Crippen molar-refractivity contribution in [3.8, 4) is 0 Å². The fourth-order valence-corrected chi connectivity index (χ4v) is 5.24. The molecule has 0 radical (unpaired) electrons. The van der Waals surface area contributed by atoms with E-state index in [9.17, 15) is 12.8 Å². The van der Waals surface area contributed by atoms with Crippen LogP contribution in [0.15, 0.2) is 29.2 Å². The number of hydrogen-bond acceptors (Lipinski definition) is 3. The topological polar surface area (TPSA) is 66.1 Å². The summed E-state index contributed by atoms with van der Waals surface area (Å²) in [6, 6.07) is 6.38. The van der Waals surface area contributed by atoms with Gasteiger partial charge in [0.15, 0.2) is 0 Å². The lowest BCUT2D eigenvalue weighted by molar-refractivity contribution is 0.405. The Morgan fingerprint density at radius 1 is 1.21 bits per heavy atom. The van der Waals surface area contributed by atoms with E-state index in [0.717, 1.165) is 24.8 Å². The molecule has 2 heterocycles. The summed E-state index contributed by atoms with van der Waals surface area (Å²) in [4.78, 5) is 0.280. The van der Waals surface area contributed by atoms with Crippen molar-refractivity contribution in [3.05, 3.63) is 47.0 Å². The highest BCUT2D eigenvalue weighted by Gasteiger charge is 2.32. The van der Waals surface area contributed by atoms with Crippen LogP contribution in [-0.4, -0.2) is 36.0 Å². The van der Waals surface area contributed by atoms with Gasteiger partial charge in [-0.05, 0) is 50.3 Å². The first-order chi connectivity index (χ1) is 11.4. The Morgan fingerprint density at radius 2 is 1.92 bits per heavy atom. The van der Waals surface area contributed by atoms with Gasteiger partial charge < -0.3 is 0 Å². The number of rotatable bonds is 3. The maximum atomic E-state index is 13.2. The summed E-state index contributed by atoms with van der Waals surface area (Å²) in [5.74, 6) is -0.197. The highest BCUT2D eigenvalue weighted by molar-refractivity contribution is 7.89. The van der Waals surface area contributed by atoms with Gasteiger partial charge in [0.25, 0.3) is 0 Å². The molecule has 5 nitrogen and oxygen atoms in total. The number of halogens is 1. The monoisotopic (exact) mass is 351 g/mol. The number of nitrogens with one attached hydrogen (secondary N) is 1. The van der Waals surface area contributed by atoms with Gasteiger partial charge in [0, 0.05) is 13.1 Å². The van der Waals surface area contributed by atoms with Crippen LogP contribution in [0.1, 0.15) is 42.1 Å². The molecule has 1 N–H and O–H groups in total. The third-order valence-corrected chi connectivity index (χ3v) is 6.76. The molecule has 2 aromatic rings. The molecule has 1 atom stereocenters. The fraction of sp³-hybridized carbons (Fsp3) is 0.471. The minimum Gasteiger partial charge on any atom is -0.281 e. The van der Waals surface area contributed by atoms with Crippen LogP contribution >= 0.6 is 0 Å². The Bertz CT molecular complexity index is 795. The van der Waals surface area contributed by atoms with Crippen LogP contribution < -0.4 is 0 Å². The summed E-state index contributed by atoms with van der Waals surface area (Å²) < 4.78 is 40.9. The van der Waals surface area contributed by atoms with Gasteiger partial charge in [0.1, 0.15) is 10.7 Å². The number of nitrogens with zero attached hydrogens (tertiary/aromatic N) is 2. The van der Waals surface area contributed by atoms with E-state index in [2.05, 4.69) is 10.2 Å². The molecule has 0 aliphatic carbocycles. The first kappa shape index (κ1) is 17.1. The molecular weight excluding hydrogens is 329 g/mol. The maximum Gasteiger partial charge on any atom is 0.246 e. The van der Waals surface area contributed by atoms with Crippen molar-refractivity contribution >= 4 is 10.0 Å². The second-order valence-corrected chi connectivity index (χ2v) is 8.25. The molecule has 1 aliphatic rings. The van der Waals surface area contributed by atoms with Crippen molar-refractivity contribution < 1.29 is 12.8 Å². The Morgan fingerprint density at radius 3 is 2.54 bits per heavy atom. The number of hydrogen-bond donors (Lipinski definition) is 1. The van der Waals surface area contributed by atoms with E-state index < -0.39 is 10.0 Å². The number of aromatic amines is 1. The third kappa shape index (κ3) is 3.23. The summed E-state index contributed by atoms with van der Waals surface area (Å²) in [5, 5.41) is 6.76. The minimum absolute atomic E-state index is 0.0791. The Labute approximate surface area is 141 Å². The molecular formula is C17H22FN3O2S. The quantitative estimate of drug-likeness (QED) is 0.924. The third-order valence-electron chi connectivity index (χ3n) is 4.63. The SMILES string of the molecule is Cc1n[nH]c(C)c1S(=O)(=O)N1CCCCC(c2ccc(F)cc2)C1. The van der Waals surface area contributed by atoms with E-state index in [1.165, 1.54) is 12.1 Å². The molecule has 1 aliphatic heterocycles. The van der Waals surface area contributed by atoms with E-state index in [1.54, 1.807) is 30.3 Å². The van der Waals surface area contributed by atoms with E-state index in [-0.39, 0.29) is 16.6 Å². The first-order valence-electron chi connectivity index (χ1n) is 8.17. The first-order valence-corrected chi connectivity index (χ1v) is 9.61. The largest absolute Gasteiger partial charge is 0.281 e. The molecule has 0 spiro atoms. The molecule has 0 saturated carbocycles. The van der Waals surface area contributed by atoms with Gasteiger partial charge in [0.2, 0.25) is 10.0 Å². The number of aryl methyl sites for hydroxylation is 2. The molecule has 1 aromatic carbocycles. The highest BCUT2D eigenvalue weighted by Crippen LogP contribution is 2.31. The van der Waals surface area contributed by atoms with Gasteiger partial charge in [-0.1, -0.05) is 18.6 Å². The lowest BCUT2D eigenvalue weighted by Crippen LogP contribution is -2.34. The molecule has 1 fully saturated rings. The molecule has 3 rings (SSSR count). The Balaban J connectivity index is 1.91. The molecule has 1 saturated heterocycles. The van der Waals surface area contributed by atoms with Gasteiger partial charge >= 0.3 is 0 Å². The van der Waals surface area contributed by atoms with E-state index in [1.807, 2.05) is 0 Å². The normalized spacial score (nSPS) is 20.0. The molecule has 1 aromatic heterocycles. The van der Waals surface area contributed by atoms with Crippen molar-refractivity contribution in [2.75, 3.05) is 13.1 Å². The summed E-state index contributed by atoms with van der Waals surface area (Å²) >= 11 is 0. The number of sulfonamides is 1. The zero-order valence-electron chi connectivity index (χ0n) is 13.9. The van der Waals surface area contributed by atoms with Crippen LogP contribution in [0.3, 0.4) is 0 Å². The Kier molecular flexibility index (Phi) is 4.73. The standard InChI is InChI=1S/C17H22FN3O2S/c1-12-17(13(2)20-19-12)24(22,23)21-10-4-3-5-15(11-21)14-6-8-16(18)9-7-14/h6-9,15H,3-5,10-11H2,1-2H3,(H,19,20). The van der Waals surface area contributed by atoms with Crippen molar-refractivity contribution in [3.63, 3.8) is 0 Å². The van der Waals surface area contributed by atoms with E-state index >= 15 is 0 Å². The fourth-order valence-electron chi connectivity index (χ4n) is 3.38. The van der Waals surface area contributed by atoms with Gasteiger partial charge in [-0.2, -0.15) is 9.40 Å². The van der Waals surface area contributed by atoms with Crippen molar-refractivity contribution in [1.82, 2.24) is 14.5 Å². The van der Waals surface area contributed by atoms with E-state index in [0.29, 0.717) is 24.5 Å². The van der Waals surface area contributed by atoms with E-state index in [4.69, 9.17) is 0 Å². The second kappa shape index (κ2) is 6.64.